The van der Waals surface area contributed by atoms with Crippen molar-refractivity contribution in [2.24, 2.45) is 0 Å². The molecule has 120 valence electrons. The van der Waals surface area contributed by atoms with Crippen molar-refractivity contribution in [2.75, 3.05) is 18.9 Å². The van der Waals surface area contributed by atoms with Crippen LogP contribution in [0.5, 0.6) is 0 Å². The molecule has 23 heavy (non-hydrogen) atoms. The zero-order chi connectivity index (χ0) is 17.0. The highest BCUT2D eigenvalue weighted by atomic mass is 35.5. The number of rotatable bonds is 4. The summed E-state index contributed by atoms with van der Waals surface area (Å²) in [6.45, 7) is 3.86. The molecule has 2 aromatic carbocycles. The smallest absolute Gasteiger partial charge is 0.254 e. The quantitative estimate of drug-likeness (QED) is 0.930. The highest BCUT2D eigenvalue weighted by molar-refractivity contribution is 6.30. The third-order valence-electron chi connectivity index (χ3n) is 3.32. The standard InChI is InChI=1S/C18H19ClN2O2/c1-12-8-13(2)10-14(9-12)18(23)21(3)11-17(22)20-16-6-4-15(19)5-7-16/h4-10H,11H2,1-3H3,(H,20,22). The number of likely N-dealkylation sites (N-methyl/N-ethyl adjacent to an activating group) is 1. The van der Waals surface area contributed by atoms with Crippen molar-refractivity contribution in [3.8, 4) is 0 Å². The van der Waals surface area contributed by atoms with E-state index in [2.05, 4.69) is 5.32 Å². The summed E-state index contributed by atoms with van der Waals surface area (Å²) in [6.07, 6.45) is 0. The molecule has 0 radical (unpaired) electrons. The van der Waals surface area contributed by atoms with Crippen LogP contribution in [0.4, 0.5) is 5.69 Å². The van der Waals surface area contributed by atoms with E-state index in [-0.39, 0.29) is 18.4 Å². The molecule has 0 fully saturated rings. The maximum atomic E-state index is 12.4. The van der Waals surface area contributed by atoms with E-state index < -0.39 is 0 Å². The number of nitrogens with zero attached hydrogens (tertiary/aromatic N) is 1. The number of hydrogen-bond donors (Lipinski definition) is 1. The van der Waals surface area contributed by atoms with Crippen molar-refractivity contribution in [1.29, 1.82) is 0 Å². The Kier molecular flexibility index (Phi) is 5.40. The fourth-order valence-electron chi connectivity index (χ4n) is 2.34. The van der Waals surface area contributed by atoms with Gasteiger partial charge < -0.3 is 10.2 Å². The van der Waals surface area contributed by atoms with Crippen molar-refractivity contribution < 1.29 is 9.59 Å². The Morgan fingerprint density at radius 1 is 1.04 bits per heavy atom. The summed E-state index contributed by atoms with van der Waals surface area (Å²) in [7, 11) is 1.61. The summed E-state index contributed by atoms with van der Waals surface area (Å²) in [5.41, 5.74) is 3.27. The van der Waals surface area contributed by atoms with Crippen LogP contribution in [-0.2, 0) is 4.79 Å². The lowest BCUT2D eigenvalue weighted by Gasteiger charge is -2.17. The number of aryl methyl sites for hydroxylation is 2. The molecule has 0 atom stereocenters. The van der Waals surface area contributed by atoms with Crippen LogP contribution in [0.25, 0.3) is 0 Å². The average molecular weight is 331 g/mol. The van der Waals surface area contributed by atoms with Crippen LogP contribution in [0, 0.1) is 13.8 Å². The third-order valence-corrected chi connectivity index (χ3v) is 3.58. The minimum atomic E-state index is -0.257. The van der Waals surface area contributed by atoms with E-state index in [0.717, 1.165) is 11.1 Å². The molecule has 0 aliphatic heterocycles. The fourth-order valence-corrected chi connectivity index (χ4v) is 2.47. The number of anilines is 1. The van der Waals surface area contributed by atoms with E-state index in [0.29, 0.717) is 16.3 Å². The number of halogens is 1. The monoisotopic (exact) mass is 330 g/mol. The Hall–Kier alpha value is -2.33. The number of nitrogens with one attached hydrogen (secondary N) is 1. The van der Waals surface area contributed by atoms with E-state index in [1.165, 1.54) is 4.90 Å². The predicted molar refractivity (Wildman–Crippen MR) is 93.0 cm³/mol. The zero-order valence-electron chi connectivity index (χ0n) is 13.4. The van der Waals surface area contributed by atoms with Crippen LogP contribution in [0.15, 0.2) is 42.5 Å². The van der Waals surface area contributed by atoms with Gasteiger partial charge in [0.15, 0.2) is 0 Å². The van der Waals surface area contributed by atoms with Gasteiger partial charge in [-0.25, -0.2) is 0 Å². The molecule has 0 bridgehead atoms. The Balaban J connectivity index is 1.99. The molecule has 1 N–H and O–H groups in total. The lowest BCUT2D eigenvalue weighted by atomic mass is 10.1. The van der Waals surface area contributed by atoms with Gasteiger partial charge in [0.25, 0.3) is 5.91 Å². The second-order valence-corrected chi connectivity index (χ2v) is 6.03. The maximum Gasteiger partial charge on any atom is 0.254 e. The van der Waals surface area contributed by atoms with Crippen LogP contribution < -0.4 is 5.32 Å². The van der Waals surface area contributed by atoms with Gasteiger partial charge in [-0.1, -0.05) is 28.8 Å². The van der Waals surface area contributed by atoms with E-state index in [4.69, 9.17) is 11.6 Å². The number of hydrogen-bond acceptors (Lipinski definition) is 2. The number of amides is 2. The molecule has 0 unspecified atom stereocenters. The van der Waals surface area contributed by atoms with Crippen LogP contribution >= 0.6 is 11.6 Å². The first-order chi connectivity index (χ1) is 10.8. The van der Waals surface area contributed by atoms with Gasteiger partial charge in [0, 0.05) is 23.3 Å². The van der Waals surface area contributed by atoms with Gasteiger partial charge in [-0.15, -0.1) is 0 Å². The predicted octanol–water partition coefficient (Wildman–Crippen LogP) is 3.67. The Labute approximate surface area is 141 Å². The van der Waals surface area contributed by atoms with Gasteiger partial charge in [0.1, 0.15) is 0 Å². The minimum absolute atomic E-state index is 0.0194. The van der Waals surface area contributed by atoms with Gasteiger partial charge in [-0.05, 0) is 50.2 Å². The highest BCUT2D eigenvalue weighted by Gasteiger charge is 2.15. The highest BCUT2D eigenvalue weighted by Crippen LogP contribution is 2.14. The van der Waals surface area contributed by atoms with Crippen molar-refractivity contribution in [2.45, 2.75) is 13.8 Å². The van der Waals surface area contributed by atoms with E-state index >= 15 is 0 Å². The molecule has 5 heteroatoms. The Bertz CT molecular complexity index is 706. The second-order valence-electron chi connectivity index (χ2n) is 5.59. The summed E-state index contributed by atoms with van der Waals surface area (Å²) in [5, 5.41) is 3.34. The molecule has 0 saturated heterocycles. The third kappa shape index (κ3) is 4.83. The normalized spacial score (nSPS) is 10.3. The summed E-state index contributed by atoms with van der Waals surface area (Å²) in [4.78, 5) is 25.9. The summed E-state index contributed by atoms with van der Waals surface area (Å²) < 4.78 is 0. The summed E-state index contributed by atoms with van der Waals surface area (Å²) in [5.74, 6) is -0.435. The molecular weight excluding hydrogens is 312 g/mol. The number of carbonyl (C=O) groups is 2. The summed E-state index contributed by atoms with van der Waals surface area (Å²) >= 11 is 5.80. The van der Waals surface area contributed by atoms with Crippen LogP contribution in [0.2, 0.25) is 5.02 Å². The SMILES string of the molecule is Cc1cc(C)cc(C(=O)N(C)CC(=O)Nc2ccc(Cl)cc2)c1. The topological polar surface area (TPSA) is 49.4 Å². The molecule has 0 spiro atoms. The molecule has 0 heterocycles. The van der Waals surface area contributed by atoms with Gasteiger partial charge >= 0.3 is 0 Å². The van der Waals surface area contributed by atoms with Gasteiger partial charge in [0.2, 0.25) is 5.91 Å². The van der Waals surface area contributed by atoms with Gasteiger partial charge in [0.05, 0.1) is 6.54 Å². The molecular formula is C18H19ClN2O2. The molecule has 4 nitrogen and oxygen atoms in total. The number of carbonyl (C=O) groups excluding carboxylic acids is 2. The lowest BCUT2D eigenvalue weighted by Crippen LogP contribution is -2.35. The van der Waals surface area contributed by atoms with Crippen molar-refractivity contribution in [3.63, 3.8) is 0 Å². The van der Waals surface area contributed by atoms with Crippen LogP contribution in [-0.4, -0.2) is 30.3 Å². The molecule has 0 aliphatic carbocycles. The van der Waals surface area contributed by atoms with E-state index in [9.17, 15) is 9.59 Å². The molecule has 2 aromatic rings. The van der Waals surface area contributed by atoms with Gasteiger partial charge in [-0.3, -0.25) is 9.59 Å². The first kappa shape index (κ1) is 17.0. The largest absolute Gasteiger partial charge is 0.332 e. The van der Waals surface area contributed by atoms with E-state index in [1.54, 1.807) is 31.3 Å². The fraction of sp³-hybridized carbons (Fsp3) is 0.222. The van der Waals surface area contributed by atoms with E-state index in [1.807, 2.05) is 32.0 Å². The van der Waals surface area contributed by atoms with Crippen molar-refractivity contribution >= 4 is 29.1 Å². The molecule has 0 aromatic heterocycles. The first-order valence-corrected chi connectivity index (χ1v) is 7.62. The average Bonchev–Trinajstić information content (AvgIpc) is 2.47. The lowest BCUT2D eigenvalue weighted by molar-refractivity contribution is -0.116. The summed E-state index contributed by atoms with van der Waals surface area (Å²) in [6, 6.07) is 12.5. The first-order valence-electron chi connectivity index (χ1n) is 7.24. The molecule has 2 amide bonds. The molecule has 0 saturated carbocycles. The maximum absolute atomic E-state index is 12.4. The number of benzene rings is 2. The molecule has 2 rings (SSSR count). The second kappa shape index (κ2) is 7.29. The van der Waals surface area contributed by atoms with Crippen molar-refractivity contribution in [3.05, 3.63) is 64.2 Å². The Morgan fingerprint density at radius 2 is 1.61 bits per heavy atom. The zero-order valence-corrected chi connectivity index (χ0v) is 14.1. The Morgan fingerprint density at radius 3 is 2.17 bits per heavy atom. The minimum Gasteiger partial charge on any atom is -0.332 e. The van der Waals surface area contributed by atoms with Crippen molar-refractivity contribution in [1.82, 2.24) is 4.90 Å². The van der Waals surface area contributed by atoms with Crippen LogP contribution in [0.1, 0.15) is 21.5 Å². The van der Waals surface area contributed by atoms with Crippen LogP contribution in [0.3, 0.4) is 0 Å². The molecule has 0 aliphatic rings. The van der Waals surface area contributed by atoms with Gasteiger partial charge in [-0.2, -0.15) is 0 Å².